The average molecular weight is 1880 g/mol. The summed E-state index contributed by atoms with van der Waals surface area (Å²) in [5.41, 5.74) is 48.3. The van der Waals surface area contributed by atoms with Crippen molar-refractivity contribution in [3.05, 3.63) is 358 Å². The number of rotatable bonds is 9. The van der Waals surface area contributed by atoms with Crippen LogP contribution in [0.4, 0.5) is 102 Å². The van der Waals surface area contributed by atoms with Gasteiger partial charge in [0.2, 0.25) is 0 Å². The Balaban J connectivity index is 0.823. The van der Waals surface area contributed by atoms with Crippen molar-refractivity contribution in [2.75, 3.05) is 29.4 Å². The molecule has 12 heteroatoms. The van der Waals surface area contributed by atoms with Gasteiger partial charge in [0.25, 0.3) is 20.1 Å². The van der Waals surface area contributed by atoms with Gasteiger partial charge in [-0.05, 0) is 349 Å². The summed E-state index contributed by atoms with van der Waals surface area (Å²) in [6.07, 6.45) is 0. The third kappa shape index (κ3) is 16.2. The van der Waals surface area contributed by atoms with Crippen molar-refractivity contribution >= 4 is 172 Å². The lowest BCUT2D eigenvalue weighted by molar-refractivity contribution is 0.590. The molecular weight excluding hydrogens is 1740 g/mol. The van der Waals surface area contributed by atoms with Crippen molar-refractivity contribution < 1.29 is 0 Å². The fourth-order valence-electron chi connectivity index (χ4n) is 23.3. The van der Waals surface area contributed by atoms with Gasteiger partial charge in [-0.2, -0.15) is 0 Å². The molecule has 0 amide bonds. The van der Waals surface area contributed by atoms with Crippen LogP contribution in [0.3, 0.4) is 0 Å². The first-order valence-electron chi connectivity index (χ1n) is 52.3. The molecule has 0 radical (unpaired) electrons. The summed E-state index contributed by atoms with van der Waals surface area (Å²) in [4.78, 5) is 33.7. The Hall–Kier alpha value is -13.7. The first-order valence-corrected chi connectivity index (χ1v) is 52.3. The Morgan fingerprint density at radius 1 is 0.160 bits per heavy atom. The van der Waals surface area contributed by atoms with Gasteiger partial charge in [-0.1, -0.05) is 314 Å². The van der Waals surface area contributed by atoms with Gasteiger partial charge < -0.3 is 29.4 Å². The Morgan fingerprint density at radius 3 is 0.465 bits per heavy atom. The number of aryl methyl sites for hydroxylation is 3. The molecule has 0 atom stereocenters. The lowest BCUT2D eigenvalue weighted by atomic mass is 9.33. The second-order valence-electron chi connectivity index (χ2n) is 51.4. The summed E-state index contributed by atoms with van der Waals surface area (Å²) < 4.78 is 0. The molecule has 1 aromatic heterocycles. The van der Waals surface area contributed by atoms with Gasteiger partial charge in [-0.15, -0.1) is 0 Å². The van der Waals surface area contributed by atoms with Crippen molar-refractivity contribution in [3.8, 4) is 34.2 Å². The van der Waals surface area contributed by atoms with E-state index in [2.05, 4.69) is 528 Å². The van der Waals surface area contributed by atoms with Crippen LogP contribution in [0.2, 0.25) is 0 Å². The molecule has 6 aliphatic heterocycles. The number of benzene rings is 15. The minimum Gasteiger partial charge on any atom is -0.311 e. The van der Waals surface area contributed by atoms with Crippen molar-refractivity contribution in [2.45, 2.75) is 256 Å². The number of fused-ring (bicyclic) bond motifs is 12. The van der Waals surface area contributed by atoms with Gasteiger partial charge >= 0.3 is 0 Å². The summed E-state index contributed by atoms with van der Waals surface area (Å²) >= 11 is 0. The minimum absolute atomic E-state index is 0.0410. The molecule has 0 fully saturated rings. The maximum atomic E-state index is 6.12. The van der Waals surface area contributed by atoms with Gasteiger partial charge in [-0.3, -0.25) is 0 Å². The molecule has 0 spiro atoms. The zero-order valence-electron chi connectivity index (χ0n) is 90.5. The molecule has 15 aromatic carbocycles. The smallest absolute Gasteiger partial charge is 0.252 e. The Kier molecular flexibility index (Phi) is 21.9. The zero-order chi connectivity index (χ0) is 102. The van der Waals surface area contributed by atoms with Crippen LogP contribution in [0, 0.1) is 20.8 Å². The van der Waals surface area contributed by atoms with E-state index in [4.69, 9.17) is 15.0 Å². The van der Waals surface area contributed by atoms with Gasteiger partial charge in [0.1, 0.15) is 0 Å². The highest BCUT2D eigenvalue weighted by atomic mass is 15.2. The van der Waals surface area contributed by atoms with Gasteiger partial charge in [0.15, 0.2) is 17.5 Å². The molecular formula is C132H138B3N9. The fraction of sp³-hybridized carbons (Fsp3) is 0.295. The van der Waals surface area contributed by atoms with E-state index in [9.17, 15) is 0 Å². The summed E-state index contributed by atoms with van der Waals surface area (Å²) in [7, 11) is 0. The predicted octanol–water partition coefficient (Wildman–Crippen LogP) is 29.7. The largest absolute Gasteiger partial charge is 0.311 e. The predicted molar refractivity (Wildman–Crippen MR) is 621 cm³/mol. The van der Waals surface area contributed by atoms with Crippen LogP contribution in [0.25, 0.3) is 34.2 Å². The number of aromatic nitrogens is 3. The van der Waals surface area contributed by atoms with Crippen LogP contribution in [0.5, 0.6) is 0 Å². The van der Waals surface area contributed by atoms with E-state index in [0.717, 1.165) is 119 Å². The number of nitrogens with zero attached hydrogens (tertiary/aromatic N) is 9. The second kappa shape index (κ2) is 33.2. The summed E-state index contributed by atoms with van der Waals surface area (Å²) in [6, 6.07) is 115. The minimum atomic E-state index is -0.236. The van der Waals surface area contributed by atoms with Gasteiger partial charge in [0.05, 0.1) is 0 Å². The summed E-state index contributed by atoms with van der Waals surface area (Å²) in [6.45, 7) is 68.9. The number of hydrogen-bond donors (Lipinski definition) is 0. The molecule has 16 aromatic rings. The SMILES string of the molecule is Cc1cc2c3c(c1)N(c1ccc(C(C)(C)C)cc1)c1ccc(C(C)(C)C)cc1B3c1cc(-c3nc(-c4ccc5c(c4)B4c6cc(C(C)(C)C)ccc6N(c6ccc(C(C)(C)C)cc6)c6cc(C)cc(c64)N5c4ccc(C(C)(C)C)cc4)nc(-c4ccc5c(c4)B4c6cc(C(C)(C)C)ccc6N(c6ccc(C(C)(C)C)cc6)c6cc(C)cc(c64)N5c4ccc(C(C)(C)C)cc4)n3)ccc1N2c1ccc(C(C)(C)C)cc1. The summed E-state index contributed by atoms with van der Waals surface area (Å²) in [5.74, 6) is 1.73. The first kappa shape index (κ1) is 95.2. The highest BCUT2D eigenvalue weighted by Crippen LogP contribution is 2.53. The van der Waals surface area contributed by atoms with Crippen LogP contribution >= 0.6 is 0 Å². The molecule has 720 valence electrons. The van der Waals surface area contributed by atoms with Crippen LogP contribution in [-0.2, 0) is 48.7 Å². The molecule has 22 rings (SSSR count). The Bertz CT molecular complexity index is 7100. The fourth-order valence-corrected chi connectivity index (χ4v) is 23.3. The molecule has 0 aliphatic carbocycles. The quantitative estimate of drug-likeness (QED) is 0.132. The van der Waals surface area contributed by atoms with E-state index in [1.165, 1.54) is 116 Å². The Morgan fingerprint density at radius 2 is 0.306 bits per heavy atom. The standard InChI is InChI=1S/C132H138B3N9/c1-79-67-112-118-115(70-79)142(97-55-40-88(41-56-97)127(13,14)15)109-64-46-91(130(22,23)24)76-103(109)133(118)100-73-82(31-61-106(100)139(112)94-49-34-85(35-50-94)124(4,5)6)121-136-122(83-32-62-107-101(74-83)134-104-77-92(131(25,26)27)47-65-110(104)143(98-57-42-89(43-58-98)128(16,17)18)116-71-80(2)68-113(119(116)134)140(107)95-51-36-86(37-52-95)125(7,8)9)138-123(137-121)84-33-63-108-102(75-84)135-105-78-93(132(28,29)30)48-66-111(105)144(99-59-44-90(45-60-99)129(19,20)21)117-72-81(3)69-114(120(117)135)141(108)96-53-38-87(39-54-96)126(10,11)12/h31-78H,1-30H3. The van der Waals surface area contributed by atoms with E-state index in [1.54, 1.807) is 0 Å². The maximum absolute atomic E-state index is 6.12. The zero-order valence-corrected chi connectivity index (χ0v) is 90.5. The molecule has 7 heterocycles. The molecule has 0 N–H and O–H groups in total. The highest BCUT2D eigenvalue weighted by molar-refractivity contribution is 7.02. The second-order valence-corrected chi connectivity index (χ2v) is 51.4. The third-order valence-corrected chi connectivity index (χ3v) is 31.6. The molecule has 0 saturated heterocycles. The maximum Gasteiger partial charge on any atom is 0.252 e. The number of anilines is 18. The topological polar surface area (TPSA) is 58.1 Å². The van der Waals surface area contributed by atoms with Crippen LogP contribution in [0.1, 0.15) is 254 Å². The highest BCUT2D eigenvalue weighted by Gasteiger charge is 2.50. The van der Waals surface area contributed by atoms with E-state index in [-0.39, 0.29) is 68.9 Å². The molecule has 9 nitrogen and oxygen atoms in total. The van der Waals surface area contributed by atoms with E-state index >= 15 is 0 Å². The van der Waals surface area contributed by atoms with Crippen LogP contribution in [0.15, 0.2) is 291 Å². The normalized spacial score (nSPS) is 14.3. The molecule has 6 aliphatic rings. The lowest BCUT2D eigenvalue weighted by Gasteiger charge is -2.45. The van der Waals surface area contributed by atoms with E-state index in [0.29, 0.717) is 17.5 Å². The van der Waals surface area contributed by atoms with Gasteiger partial charge in [0, 0.05) is 119 Å². The average Bonchev–Trinajstić information content (AvgIpc) is 0.700. The van der Waals surface area contributed by atoms with E-state index < -0.39 is 0 Å². The lowest BCUT2D eigenvalue weighted by Crippen LogP contribution is -2.61. The van der Waals surface area contributed by atoms with Crippen LogP contribution in [-0.4, -0.2) is 35.1 Å². The van der Waals surface area contributed by atoms with Crippen LogP contribution < -0.4 is 78.6 Å². The molecule has 0 saturated carbocycles. The summed E-state index contributed by atoms with van der Waals surface area (Å²) in [5, 5.41) is 0. The van der Waals surface area contributed by atoms with Crippen molar-refractivity contribution in [1.82, 2.24) is 15.0 Å². The van der Waals surface area contributed by atoms with Crippen molar-refractivity contribution in [3.63, 3.8) is 0 Å². The van der Waals surface area contributed by atoms with Gasteiger partial charge in [-0.25, -0.2) is 15.0 Å². The first-order chi connectivity index (χ1) is 67.8. The van der Waals surface area contributed by atoms with E-state index in [1.807, 2.05) is 0 Å². The Labute approximate surface area is 858 Å². The van der Waals surface area contributed by atoms with Crippen molar-refractivity contribution in [1.29, 1.82) is 0 Å². The molecule has 0 bridgehead atoms. The number of hydrogen-bond acceptors (Lipinski definition) is 9. The molecule has 144 heavy (non-hydrogen) atoms. The van der Waals surface area contributed by atoms with Crippen molar-refractivity contribution in [2.24, 2.45) is 0 Å². The third-order valence-electron chi connectivity index (χ3n) is 31.6. The molecule has 0 unspecified atom stereocenters. The monoisotopic (exact) mass is 1880 g/mol.